The minimum absolute atomic E-state index is 0.0670. The molecule has 5 fully saturated rings. The summed E-state index contributed by atoms with van der Waals surface area (Å²) >= 11 is 0. The molecule has 5 rings (SSSR count). The zero-order valence-corrected chi connectivity index (χ0v) is 19.9. The Morgan fingerprint density at radius 3 is 2.16 bits per heavy atom. The molecule has 6 nitrogen and oxygen atoms in total. The molecule has 174 valence electrons. The molecule has 0 aromatic heterocycles. The van der Waals surface area contributed by atoms with Gasteiger partial charge in [0.15, 0.2) is 9.84 Å². The summed E-state index contributed by atoms with van der Waals surface area (Å²) in [6.07, 6.45) is 10.4. The van der Waals surface area contributed by atoms with E-state index in [-0.39, 0.29) is 40.5 Å². The van der Waals surface area contributed by atoms with Gasteiger partial charge in [-0.25, -0.2) is 8.42 Å². The fourth-order valence-electron chi connectivity index (χ4n) is 7.02. The summed E-state index contributed by atoms with van der Waals surface area (Å²) in [5.74, 6) is 1.52. The van der Waals surface area contributed by atoms with E-state index < -0.39 is 9.84 Å². The van der Waals surface area contributed by atoms with Gasteiger partial charge in [-0.15, -0.1) is 0 Å². The Kier molecular flexibility index (Phi) is 5.63. The molecule has 7 heteroatoms. The maximum atomic E-state index is 13.1. The second-order valence-corrected chi connectivity index (χ2v) is 13.6. The van der Waals surface area contributed by atoms with E-state index in [1.807, 2.05) is 4.90 Å². The second-order valence-electron chi connectivity index (χ2n) is 11.1. The molecule has 0 aromatic rings. The highest BCUT2D eigenvalue weighted by Gasteiger charge is 2.50. The monoisotopic (exact) mass is 450 g/mol. The molecule has 1 aliphatic heterocycles. The number of hydrogen-bond donors (Lipinski definition) is 0. The fourth-order valence-corrected chi connectivity index (χ4v) is 9.37. The molecule has 0 aromatic carbocycles. The van der Waals surface area contributed by atoms with E-state index in [4.69, 9.17) is 0 Å². The van der Waals surface area contributed by atoms with Gasteiger partial charge in [0.2, 0.25) is 11.8 Å². The van der Waals surface area contributed by atoms with Gasteiger partial charge >= 0.3 is 0 Å². The summed E-state index contributed by atoms with van der Waals surface area (Å²) in [5, 5.41) is -0.219. The van der Waals surface area contributed by atoms with E-state index >= 15 is 0 Å². The Morgan fingerprint density at radius 2 is 1.52 bits per heavy atom. The van der Waals surface area contributed by atoms with Crippen molar-refractivity contribution in [2.75, 3.05) is 6.54 Å². The third-order valence-corrected chi connectivity index (χ3v) is 11.6. The van der Waals surface area contributed by atoms with Crippen LogP contribution >= 0.6 is 0 Å². The Bertz CT molecular complexity index is 835. The van der Waals surface area contributed by atoms with Gasteiger partial charge in [-0.3, -0.25) is 9.59 Å². The van der Waals surface area contributed by atoms with Crippen LogP contribution in [0.4, 0.5) is 0 Å². The van der Waals surface area contributed by atoms with Crippen molar-refractivity contribution < 1.29 is 18.0 Å². The first-order chi connectivity index (χ1) is 14.8. The Labute approximate surface area is 187 Å². The lowest BCUT2D eigenvalue weighted by Crippen LogP contribution is -2.67. The van der Waals surface area contributed by atoms with Gasteiger partial charge in [0.25, 0.3) is 0 Å². The van der Waals surface area contributed by atoms with Crippen molar-refractivity contribution in [1.29, 1.82) is 0 Å². The molecule has 2 amide bonds. The van der Waals surface area contributed by atoms with Crippen molar-refractivity contribution in [1.82, 2.24) is 9.80 Å². The zero-order valence-electron chi connectivity index (χ0n) is 19.0. The van der Waals surface area contributed by atoms with Gasteiger partial charge in [-0.05, 0) is 76.5 Å². The molecule has 31 heavy (non-hydrogen) atoms. The lowest BCUT2D eigenvalue weighted by atomic mass is 9.69. The number of fused-ring (bicyclic) bond motifs is 1. The molecule has 0 bridgehead atoms. The number of sulfone groups is 1. The van der Waals surface area contributed by atoms with E-state index in [1.165, 1.54) is 0 Å². The largest absolute Gasteiger partial charge is 0.335 e. The summed E-state index contributed by atoms with van der Waals surface area (Å²) in [5.41, 5.74) is 0. The van der Waals surface area contributed by atoms with Crippen molar-refractivity contribution in [2.45, 2.75) is 113 Å². The minimum Gasteiger partial charge on any atom is -0.335 e. The standard InChI is InChI=1S/C24H38N2O4S/c1-15-14-25(24(28)17-6-7-17)23-13-19(8-11-22(23)26(15)16(2)27)18-4-3-5-21(12-18)31(29,30)20-9-10-20/h15,17-23H,3-14H2,1-2H3/t15-,18?,19?,21?,22?,23?/m0/s1. The van der Waals surface area contributed by atoms with Crippen LogP contribution in [-0.4, -0.2) is 65.2 Å². The smallest absolute Gasteiger partial charge is 0.226 e. The van der Waals surface area contributed by atoms with Gasteiger partial charge in [-0.2, -0.15) is 0 Å². The average molecular weight is 451 g/mol. The van der Waals surface area contributed by atoms with Crippen molar-refractivity contribution in [3.8, 4) is 0 Å². The van der Waals surface area contributed by atoms with Gasteiger partial charge in [0.05, 0.1) is 22.6 Å². The molecule has 5 unspecified atom stereocenters. The summed E-state index contributed by atoms with van der Waals surface area (Å²) < 4.78 is 25.8. The minimum atomic E-state index is -2.96. The van der Waals surface area contributed by atoms with Gasteiger partial charge < -0.3 is 9.80 Å². The Hall–Kier alpha value is -1.11. The number of carbonyl (C=O) groups excluding carboxylic acids is 2. The van der Waals surface area contributed by atoms with E-state index in [2.05, 4.69) is 11.8 Å². The molecule has 5 aliphatic rings. The van der Waals surface area contributed by atoms with Crippen LogP contribution in [-0.2, 0) is 19.4 Å². The Morgan fingerprint density at radius 1 is 0.806 bits per heavy atom. The molecule has 0 N–H and O–H groups in total. The summed E-state index contributed by atoms with van der Waals surface area (Å²) in [6.45, 7) is 4.38. The summed E-state index contributed by atoms with van der Waals surface area (Å²) in [6, 6.07) is 0.294. The fraction of sp³-hybridized carbons (Fsp3) is 0.917. The van der Waals surface area contributed by atoms with Crippen molar-refractivity contribution in [3.63, 3.8) is 0 Å². The lowest BCUT2D eigenvalue weighted by molar-refractivity contribution is -0.155. The first-order valence-corrected chi connectivity index (χ1v) is 14.2. The molecule has 4 saturated carbocycles. The molecule has 1 saturated heterocycles. The zero-order chi connectivity index (χ0) is 21.9. The predicted molar refractivity (Wildman–Crippen MR) is 119 cm³/mol. The normalized spacial score (nSPS) is 39.2. The van der Waals surface area contributed by atoms with Crippen molar-refractivity contribution >= 4 is 21.7 Å². The van der Waals surface area contributed by atoms with E-state index in [9.17, 15) is 18.0 Å². The van der Waals surface area contributed by atoms with E-state index in [1.54, 1.807) is 6.92 Å². The molecule has 0 spiro atoms. The van der Waals surface area contributed by atoms with Crippen LogP contribution in [0.1, 0.15) is 84.5 Å². The molecular weight excluding hydrogens is 412 g/mol. The molecule has 6 atom stereocenters. The first kappa shape index (κ1) is 21.7. The SMILES string of the molecule is CC(=O)N1C2CCC(C3CCCC(S(=O)(=O)C4CC4)C3)CC2N(C(=O)C2CC2)C[C@@H]1C. The van der Waals surface area contributed by atoms with Crippen LogP contribution in [0.15, 0.2) is 0 Å². The van der Waals surface area contributed by atoms with Gasteiger partial charge in [0.1, 0.15) is 0 Å². The maximum absolute atomic E-state index is 13.1. The topological polar surface area (TPSA) is 74.8 Å². The van der Waals surface area contributed by atoms with Crippen LogP contribution < -0.4 is 0 Å². The van der Waals surface area contributed by atoms with Gasteiger partial charge in [-0.1, -0.05) is 12.8 Å². The predicted octanol–water partition coefficient (Wildman–Crippen LogP) is 3.15. The van der Waals surface area contributed by atoms with E-state index in [0.29, 0.717) is 24.3 Å². The summed E-state index contributed by atoms with van der Waals surface area (Å²) in [4.78, 5) is 29.7. The van der Waals surface area contributed by atoms with Gasteiger partial charge in [0, 0.05) is 25.4 Å². The number of hydrogen-bond acceptors (Lipinski definition) is 4. The molecular formula is C24H38N2O4S. The van der Waals surface area contributed by atoms with Crippen LogP contribution in [0.25, 0.3) is 0 Å². The Balaban J connectivity index is 1.33. The number of amides is 2. The highest BCUT2D eigenvalue weighted by Crippen LogP contribution is 2.46. The third kappa shape index (κ3) is 4.04. The number of rotatable bonds is 4. The molecule has 4 aliphatic carbocycles. The van der Waals surface area contributed by atoms with Crippen LogP contribution in [0.2, 0.25) is 0 Å². The van der Waals surface area contributed by atoms with Crippen LogP contribution in [0.5, 0.6) is 0 Å². The van der Waals surface area contributed by atoms with Crippen LogP contribution in [0.3, 0.4) is 0 Å². The van der Waals surface area contributed by atoms with E-state index in [0.717, 1.165) is 70.6 Å². The molecule has 0 radical (unpaired) electrons. The third-order valence-electron chi connectivity index (χ3n) is 8.88. The number of piperazine rings is 1. The second kappa shape index (κ2) is 8.03. The molecule has 1 heterocycles. The van der Waals surface area contributed by atoms with Crippen molar-refractivity contribution in [2.24, 2.45) is 17.8 Å². The number of carbonyl (C=O) groups is 2. The highest BCUT2D eigenvalue weighted by molar-refractivity contribution is 7.92. The quantitative estimate of drug-likeness (QED) is 0.659. The summed E-state index contributed by atoms with van der Waals surface area (Å²) in [7, 11) is -2.96. The number of nitrogens with zero attached hydrogens (tertiary/aromatic N) is 2. The average Bonchev–Trinajstić information content (AvgIpc) is 3.64. The highest BCUT2D eigenvalue weighted by atomic mass is 32.2. The van der Waals surface area contributed by atoms with Crippen molar-refractivity contribution in [3.05, 3.63) is 0 Å². The lowest BCUT2D eigenvalue weighted by Gasteiger charge is -2.55. The maximum Gasteiger partial charge on any atom is 0.226 e. The first-order valence-electron chi connectivity index (χ1n) is 12.6. The van der Waals surface area contributed by atoms with Crippen LogP contribution in [0, 0.1) is 17.8 Å².